The first-order valence-electron chi connectivity index (χ1n) is 34.0. The fraction of sp³-hybridized carbons (Fsp3) is 0.548. The number of amides is 16. The summed E-state index contributed by atoms with van der Waals surface area (Å²) in [6.07, 6.45) is -6.20. The van der Waals surface area contributed by atoms with Crippen molar-refractivity contribution >= 4 is 110 Å². The lowest BCUT2D eigenvalue weighted by molar-refractivity contribution is -0.0887. The predicted octanol–water partition coefficient (Wildman–Crippen LogP) is 2.34. The summed E-state index contributed by atoms with van der Waals surface area (Å²) in [6.45, 7) is 0.528. The van der Waals surface area contributed by atoms with Crippen LogP contribution in [-0.4, -0.2) is 315 Å². The Balaban J connectivity index is 0.00000266. The Hall–Kier alpha value is -9.76. The van der Waals surface area contributed by atoms with Crippen molar-refractivity contribution < 1.29 is 109 Å². The SMILES string of the molecule is CC12N3Cc4c(OCCCS(=O)(=O)[O-])ccc5ccc(OCCCS(=O)(=O)[O-])c(c45)CN1C(=O)N1CN4C(=O)N5CN6C(=O)N7CN8C(=O)N9Cc%10c(OCCCS(=O)(=O)[O-])ccc%11ccc(OCCCS(=O)(=O)[O-])c(c%10%11)CN%10C(=O)N(CN%11C(=O)N(CN%12C(=O)N(CN(C3=O)C12C)C4C%125)C6C%117)C8(C)C%109C.[NH4+].[NH4+].[NH4+].[NH4+]. The molecule has 16 amide bonds. The molecule has 4 aromatic carbocycles. The molecule has 44 nitrogen and oxygen atoms in total. The summed E-state index contributed by atoms with van der Waals surface area (Å²) in [4.78, 5) is 148. The zero-order valence-corrected chi connectivity index (χ0v) is 64.3. The number of carbonyl (C=O) groups is 8. The average Bonchev–Trinajstić information content (AvgIpc) is 1.49. The molecule has 16 N–H and O–H groups in total. The number of hydrogen-bond acceptors (Lipinski definition) is 24. The molecule has 17 rings (SSSR count). The number of nitrogens with zero attached hydrogens (tertiary/aromatic N) is 16. The van der Waals surface area contributed by atoms with Crippen LogP contribution >= 0.6 is 0 Å². The van der Waals surface area contributed by atoms with Crippen LogP contribution in [0.3, 0.4) is 0 Å². The fourth-order valence-electron chi connectivity index (χ4n) is 18.5. The highest BCUT2D eigenvalue weighted by Gasteiger charge is 2.80. The molecule has 0 saturated carbocycles. The van der Waals surface area contributed by atoms with Gasteiger partial charge in [-0.15, -0.1) is 0 Å². The van der Waals surface area contributed by atoms with Crippen LogP contribution in [0.4, 0.5) is 38.4 Å². The molecule has 0 bridgehead atoms. The number of hydrogen-bond donors (Lipinski definition) is 4. The first-order chi connectivity index (χ1) is 49.9. The van der Waals surface area contributed by atoms with E-state index in [4.69, 9.17) is 18.9 Å². The van der Waals surface area contributed by atoms with Gasteiger partial charge < -0.3 is 61.8 Å². The normalized spacial score (nSPS) is 27.3. The van der Waals surface area contributed by atoms with Crippen molar-refractivity contribution in [3.05, 3.63) is 70.8 Å². The van der Waals surface area contributed by atoms with Gasteiger partial charge in [0.2, 0.25) is 0 Å². The molecule has 13 aliphatic heterocycles. The summed E-state index contributed by atoms with van der Waals surface area (Å²) >= 11 is 0. The number of urea groups is 8. The summed E-state index contributed by atoms with van der Waals surface area (Å²) in [5, 5.41) is 1.95. The Morgan fingerprint density at radius 1 is 0.309 bits per heavy atom. The van der Waals surface area contributed by atoms with Crippen molar-refractivity contribution in [3.63, 3.8) is 0 Å². The first-order valence-corrected chi connectivity index (χ1v) is 40.3. The van der Waals surface area contributed by atoms with Crippen LogP contribution in [0.15, 0.2) is 48.5 Å². The van der Waals surface area contributed by atoms with Crippen molar-refractivity contribution in [2.24, 2.45) is 0 Å². The zero-order chi connectivity index (χ0) is 75.1. The highest BCUT2D eigenvalue weighted by molar-refractivity contribution is 7.86. The van der Waals surface area contributed by atoms with Crippen molar-refractivity contribution in [2.45, 2.75) is 127 Å². The Morgan fingerprint density at radius 2 is 0.500 bits per heavy atom. The number of ether oxygens (including phenoxy) is 4. The minimum Gasteiger partial charge on any atom is -0.748 e. The summed E-state index contributed by atoms with van der Waals surface area (Å²) in [5.41, 5.74) is -5.68. The molecule has 0 radical (unpaired) electrons. The van der Waals surface area contributed by atoms with Crippen molar-refractivity contribution in [1.29, 1.82) is 0 Å². The molecule has 11 saturated heterocycles. The zero-order valence-electron chi connectivity index (χ0n) is 61.1. The van der Waals surface area contributed by atoms with Gasteiger partial charge in [0.25, 0.3) is 0 Å². The Morgan fingerprint density at radius 3 is 0.700 bits per heavy atom. The van der Waals surface area contributed by atoms with Crippen molar-refractivity contribution in [2.75, 3.05) is 89.5 Å². The van der Waals surface area contributed by atoms with E-state index in [1.807, 2.05) is 0 Å². The molecule has 0 spiro atoms. The standard InChI is InChI=1S/C62H72N16O24S4.4H3N/c1-59-61(3)75-31-67-49-47-63(51(67)79)29-65-48-50-69(53(65)81)33-77-57(85)73-27-39-43(101-19-7-23-105(93,94)95)15-11-36-12-16-44(102-20-8-24-106(96,97)98)40(46(36)39)28-74-58(86)78(62(77,4)60(73,74)2)34-70(50)54(82)66(48)30-64(47)52(80)68(49)32-76(61)56(84)72(59)26-38-42(100-18-6-22-104(90,91)92)14-10-35-9-13-41(99-17-5-21-103(87,88)89)37(45(35)38)25-71(59)55(75)83;;;;/h9-16,47-50H,5-8,17-34H2,1-4H3,(H,87,88,89)(H,90,91,92)(H,93,94,95)(H,96,97,98);4*1H3. The number of rotatable bonds is 20. The summed E-state index contributed by atoms with van der Waals surface area (Å²) in [6, 6.07) is 7.17. The van der Waals surface area contributed by atoms with Crippen LogP contribution in [0.5, 0.6) is 23.0 Å². The smallest absolute Gasteiger partial charge is 0.326 e. The third-order valence-corrected chi connectivity index (χ3v) is 26.9. The second kappa shape index (κ2) is 25.9. The molecular weight excluding hydrogens is 1540 g/mol. The van der Waals surface area contributed by atoms with Gasteiger partial charge in [-0.05, 0) is 99.2 Å². The van der Waals surface area contributed by atoms with E-state index in [1.54, 1.807) is 76.2 Å². The van der Waals surface area contributed by atoms with E-state index in [0.717, 1.165) is 0 Å². The van der Waals surface area contributed by atoms with Gasteiger partial charge >= 0.3 is 48.2 Å². The second-order valence-electron chi connectivity index (χ2n) is 28.9. The largest absolute Gasteiger partial charge is 0.748 e. The van der Waals surface area contributed by atoms with Gasteiger partial charge in [-0.25, -0.2) is 72.0 Å². The van der Waals surface area contributed by atoms with Gasteiger partial charge in [0, 0.05) is 45.3 Å². The van der Waals surface area contributed by atoms with Gasteiger partial charge in [0.1, 0.15) is 63.0 Å². The van der Waals surface area contributed by atoms with Crippen LogP contribution < -0.4 is 43.5 Å². The Bertz CT molecular complexity index is 4550. The van der Waals surface area contributed by atoms with Gasteiger partial charge in [-0.1, -0.05) is 24.3 Å². The van der Waals surface area contributed by atoms with Crippen LogP contribution in [-0.2, 0) is 66.7 Å². The predicted molar refractivity (Wildman–Crippen MR) is 376 cm³/mol. The van der Waals surface area contributed by atoms with Gasteiger partial charge in [-0.3, -0.25) is 78.4 Å². The molecule has 0 aliphatic carbocycles. The Kier molecular flexibility index (Phi) is 18.5. The molecule has 4 aromatic rings. The summed E-state index contributed by atoms with van der Waals surface area (Å²) < 4.78 is 165. The lowest BCUT2D eigenvalue weighted by Gasteiger charge is -2.49. The van der Waals surface area contributed by atoms with Crippen molar-refractivity contribution in [3.8, 4) is 23.0 Å². The van der Waals surface area contributed by atoms with Crippen molar-refractivity contribution in [1.82, 2.24) is 103 Å². The van der Waals surface area contributed by atoms with E-state index in [2.05, 4.69) is 0 Å². The van der Waals surface area contributed by atoms with E-state index in [1.165, 1.54) is 78.4 Å². The quantitative estimate of drug-likeness (QED) is 0.0728. The van der Waals surface area contributed by atoms with E-state index in [9.17, 15) is 51.9 Å². The minimum atomic E-state index is -4.66. The number of carbonyl (C=O) groups excluding carboxylic acids is 8. The second-order valence-corrected chi connectivity index (χ2v) is 35.0. The first kappa shape index (κ1) is 78.4. The van der Waals surface area contributed by atoms with Crippen LogP contribution in [0.25, 0.3) is 21.5 Å². The number of quaternary nitrogens is 4. The third-order valence-electron chi connectivity index (χ3n) is 23.8. The van der Waals surface area contributed by atoms with Crippen LogP contribution in [0, 0.1) is 0 Å². The highest BCUT2D eigenvalue weighted by atomic mass is 32.2. The summed E-state index contributed by atoms with van der Waals surface area (Å²) in [7, 11) is -18.6. The molecular formula is C62H84N20O24S4. The molecule has 11 fully saturated rings. The molecule has 0 unspecified atom stereocenters. The highest BCUT2D eigenvalue weighted by Crippen LogP contribution is 2.60. The van der Waals surface area contributed by atoms with Gasteiger partial charge in [-0.2, -0.15) is 0 Å². The average molecular weight is 1620 g/mol. The topological polar surface area (TPSA) is 600 Å². The minimum absolute atomic E-state index is 0. The Labute approximate surface area is 629 Å². The van der Waals surface area contributed by atoms with Crippen LogP contribution in [0.2, 0.25) is 0 Å². The molecule has 0 atom stereocenters. The number of benzene rings is 4. The molecule has 13 aliphatic rings. The molecule has 48 heteroatoms. The molecule has 0 aromatic heterocycles. The maximum absolute atomic E-state index is 15.9. The monoisotopic (exact) mass is 1620 g/mol. The fourth-order valence-corrected chi connectivity index (χ4v) is 20.4. The van der Waals surface area contributed by atoms with E-state index >= 15 is 38.4 Å². The maximum Gasteiger partial charge on any atom is 0.326 e. The summed E-state index contributed by atoms with van der Waals surface area (Å²) in [5.74, 6) is -2.40. The lowest BCUT2D eigenvalue weighted by atomic mass is 9.90. The molecule has 600 valence electrons. The van der Waals surface area contributed by atoms with E-state index in [0.29, 0.717) is 43.8 Å². The molecule has 110 heavy (non-hydrogen) atoms. The van der Waals surface area contributed by atoms with Gasteiger partial charge in [0.05, 0.1) is 93.1 Å². The third kappa shape index (κ3) is 10.9. The maximum atomic E-state index is 15.9. The van der Waals surface area contributed by atoms with Crippen LogP contribution in [0.1, 0.15) is 75.6 Å². The van der Waals surface area contributed by atoms with E-state index < -0.39 is 199 Å². The van der Waals surface area contributed by atoms with E-state index in [-0.39, 0.29) is 126 Å². The molecule has 13 heterocycles. The lowest BCUT2D eigenvalue weighted by Crippen LogP contribution is -2.69. The van der Waals surface area contributed by atoms with Gasteiger partial charge in [0.15, 0.2) is 47.3 Å².